The number of benzene rings is 2. The van der Waals surface area contributed by atoms with Gasteiger partial charge in [-0.3, -0.25) is 4.79 Å². The van der Waals surface area contributed by atoms with E-state index in [1.54, 1.807) is 11.9 Å². The summed E-state index contributed by atoms with van der Waals surface area (Å²) in [5.41, 5.74) is 3.72. The number of hydrogen-bond acceptors (Lipinski definition) is 6. The van der Waals surface area contributed by atoms with Crippen molar-refractivity contribution in [1.29, 1.82) is 0 Å². The average molecular weight is 408 g/mol. The van der Waals surface area contributed by atoms with Crippen molar-refractivity contribution in [2.45, 2.75) is 33.4 Å². The van der Waals surface area contributed by atoms with E-state index in [4.69, 9.17) is 18.7 Å². The summed E-state index contributed by atoms with van der Waals surface area (Å²) in [4.78, 5) is 14.3. The first kappa shape index (κ1) is 19.8. The minimum Gasteiger partial charge on any atom is -0.489 e. The number of carbonyl (C=O) groups excluding carboxylic acids is 1. The van der Waals surface area contributed by atoms with Crippen LogP contribution in [-0.4, -0.2) is 29.8 Å². The van der Waals surface area contributed by atoms with Gasteiger partial charge >= 0.3 is 0 Å². The highest BCUT2D eigenvalue weighted by Crippen LogP contribution is 2.32. The van der Waals surface area contributed by atoms with Crippen LogP contribution in [0, 0.1) is 13.8 Å². The van der Waals surface area contributed by atoms with E-state index < -0.39 is 0 Å². The van der Waals surface area contributed by atoms with E-state index >= 15 is 0 Å². The molecule has 0 aliphatic carbocycles. The van der Waals surface area contributed by atoms with Crippen molar-refractivity contribution in [1.82, 2.24) is 10.1 Å². The lowest BCUT2D eigenvalue weighted by Gasteiger charge is -2.17. The topological polar surface area (TPSA) is 74.0 Å². The highest BCUT2D eigenvalue weighted by molar-refractivity contribution is 5.78. The molecule has 0 bridgehead atoms. The molecule has 1 aliphatic rings. The van der Waals surface area contributed by atoms with E-state index in [2.05, 4.69) is 5.16 Å². The Kier molecular flexibility index (Phi) is 5.61. The smallest absolute Gasteiger partial charge is 0.231 e. The zero-order valence-corrected chi connectivity index (χ0v) is 17.3. The van der Waals surface area contributed by atoms with Crippen LogP contribution in [-0.2, 0) is 24.4 Å². The van der Waals surface area contributed by atoms with Gasteiger partial charge in [-0.05, 0) is 49.2 Å². The zero-order valence-electron chi connectivity index (χ0n) is 17.3. The van der Waals surface area contributed by atoms with Crippen molar-refractivity contribution in [3.63, 3.8) is 0 Å². The lowest BCUT2D eigenvalue weighted by molar-refractivity contribution is -0.129. The van der Waals surface area contributed by atoms with Crippen LogP contribution in [0.1, 0.15) is 28.1 Å². The van der Waals surface area contributed by atoms with Gasteiger partial charge in [0.1, 0.15) is 18.1 Å². The predicted octanol–water partition coefficient (Wildman–Crippen LogP) is 3.80. The van der Waals surface area contributed by atoms with E-state index in [1.807, 2.05) is 56.3 Å². The summed E-state index contributed by atoms with van der Waals surface area (Å²) in [6.07, 6.45) is 0.325. The van der Waals surface area contributed by atoms with Gasteiger partial charge in [-0.25, -0.2) is 0 Å². The van der Waals surface area contributed by atoms with Crippen LogP contribution in [0.3, 0.4) is 0 Å². The van der Waals surface area contributed by atoms with Crippen LogP contribution >= 0.6 is 0 Å². The number of amides is 1. The quantitative estimate of drug-likeness (QED) is 0.592. The summed E-state index contributed by atoms with van der Waals surface area (Å²) in [5.74, 6) is 3.00. The molecule has 7 heteroatoms. The standard InChI is InChI=1S/C23H24N2O5/c1-15-20(16(2)30-24-15)13-27-19-7-4-17(5-8-19)11-23(26)25(3)12-18-6-9-21-22(10-18)29-14-28-21/h4-10H,11-14H2,1-3H3. The molecule has 2 heterocycles. The molecule has 1 aliphatic heterocycles. The van der Waals surface area contributed by atoms with Gasteiger partial charge in [0.2, 0.25) is 12.7 Å². The molecule has 4 rings (SSSR count). The van der Waals surface area contributed by atoms with Gasteiger partial charge < -0.3 is 23.6 Å². The van der Waals surface area contributed by atoms with Crippen LogP contribution in [0.5, 0.6) is 17.2 Å². The van der Waals surface area contributed by atoms with Crippen molar-refractivity contribution in [2.75, 3.05) is 13.8 Å². The first-order valence-corrected chi connectivity index (χ1v) is 9.75. The zero-order chi connectivity index (χ0) is 21.1. The number of carbonyl (C=O) groups is 1. The molecule has 0 saturated carbocycles. The second kappa shape index (κ2) is 8.49. The monoisotopic (exact) mass is 408 g/mol. The molecule has 2 aromatic carbocycles. The molecule has 1 amide bonds. The number of nitrogens with zero attached hydrogens (tertiary/aromatic N) is 2. The normalized spacial score (nSPS) is 12.1. The molecular weight excluding hydrogens is 384 g/mol. The minimum atomic E-state index is 0.0389. The summed E-state index contributed by atoms with van der Waals surface area (Å²) >= 11 is 0. The van der Waals surface area contributed by atoms with Crippen LogP contribution < -0.4 is 14.2 Å². The highest BCUT2D eigenvalue weighted by atomic mass is 16.7. The minimum absolute atomic E-state index is 0.0389. The Morgan fingerprint density at radius 3 is 2.53 bits per heavy atom. The van der Waals surface area contributed by atoms with Crippen LogP contribution in [0.25, 0.3) is 0 Å². The summed E-state index contributed by atoms with van der Waals surface area (Å²) < 4.78 is 21.7. The van der Waals surface area contributed by atoms with Gasteiger partial charge in [0.05, 0.1) is 17.7 Å². The summed E-state index contributed by atoms with van der Waals surface area (Å²) in [5, 5.41) is 3.93. The van der Waals surface area contributed by atoms with Gasteiger partial charge in [-0.15, -0.1) is 0 Å². The van der Waals surface area contributed by atoms with Crippen molar-refractivity contribution < 1.29 is 23.5 Å². The molecule has 0 atom stereocenters. The first-order valence-electron chi connectivity index (χ1n) is 9.75. The van der Waals surface area contributed by atoms with Crippen molar-refractivity contribution in [3.05, 3.63) is 70.6 Å². The van der Waals surface area contributed by atoms with Crippen molar-refractivity contribution >= 4 is 5.91 Å². The Balaban J connectivity index is 1.30. The number of fused-ring (bicyclic) bond motifs is 1. The molecule has 156 valence electrons. The van der Waals surface area contributed by atoms with Gasteiger partial charge in [0.25, 0.3) is 0 Å². The van der Waals surface area contributed by atoms with E-state index in [0.717, 1.165) is 45.4 Å². The Morgan fingerprint density at radius 2 is 1.80 bits per heavy atom. The van der Waals surface area contributed by atoms with Crippen molar-refractivity contribution in [2.24, 2.45) is 0 Å². The average Bonchev–Trinajstić information content (AvgIpc) is 3.33. The number of aryl methyl sites for hydroxylation is 2. The summed E-state index contributed by atoms with van der Waals surface area (Å²) in [7, 11) is 1.80. The Hall–Kier alpha value is -3.48. The molecule has 0 spiro atoms. The fourth-order valence-corrected chi connectivity index (χ4v) is 3.28. The SMILES string of the molecule is Cc1noc(C)c1COc1ccc(CC(=O)N(C)Cc2ccc3c(c2)OCO3)cc1. The second-order valence-corrected chi connectivity index (χ2v) is 7.35. The lowest BCUT2D eigenvalue weighted by Crippen LogP contribution is -2.27. The third-order valence-corrected chi connectivity index (χ3v) is 5.13. The van der Waals surface area contributed by atoms with Gasteiger partial charge in [0.15, 0.2) is 11.5 Å². The fourth-order valence-electron chi connectivity index (χ4n) is 3.28. The van der Waals surface area contributed by atoms with Crippen LogP contribution in [0.15, 0.2) is 47.0 Å². The molecule has 3 aromatic rings. The molecule has 0 saturated heterocycles. The molecule has 30 heavy (non-hydrogen) atoms. The lowest BCUT2D eigenvalue weighted by atomic mass is 10.1. The Labute approximate surface area is 175 Å². The largest absolute Gasteiger partial charge is 0.489 e. The molecular formula is C23H24N2O5. The van der Waals surface area contributed by atoms with Gasteiger partial charge in [-0.2, -0.15) is 0 Å². The molecule has 0 N–H and O–H groups in total. The molecule has 0 fully saturated rings. The molecule has 0 radical (unpaired) electrons. The highest BCUT2D eigenvalue weighted by Gasteiger charge is 2.16. The maximum atomic E-state index is 12.6. The molecule has 7 nitrogen and oxygen atoms in total. The summed E-state index contributed by atoms with van der Waals surface area (Å²) in [6.45, 7) is 4.91. The van der Waals surface area contributed by atoms with Gasteiger partial charge in [-0.1, -0.05) is 23.4 Å². The van der Waals surface area contributed by atoms with E-state index in [1.165, 1.54) is 0 Å². The third kappa shape index (κ3) is 4.40. The van der Waals surface area contributed by atoms with E-state index in [9.17, 15) is 4.79 Å². The number of rotatable bonds is 7. The maximum absolute atomic E-state index is 12.6. The van der Waals surface area contributed by atoms with Gasteiger partial charge in [0, 0.05) is 13.6 Å². The number of ether oxygens (including phenoxy) is 3. The molecule has 0 unspecified atom stereocenters. The first-order chi connectivity index (χ1) is 14.5. The number of aromatic nitrogens is 1. The Bertz CT molecular complexity index is 1020. The third-order valence-electron chi connectivity index (χ3n) is 5.13. The fraction of sp³-hybridized carbons (Fsp3) is 0.304. The second-order valence-electron chi connectivity index (χ2n) is 7.35. The van der Waals surface area contributed by atoms with E-state index in [0.29, 0.717) is 19.6 Å². The molecule has 1 aromatic heterocycles. The maximum Gasteiger partial charge on any atom is 0.231 e. The predicted molar refractivity (Wildman–Crippen MR) is 109 cm³/mol. The number of likely N-dealkylation sites (N-methyl/N-ethyl adjacent to an activating group) is 1. The van der Waals surface area contributed by atoms with Crippen LogP contribution in [0.2, 0.25) is 0 Å². The number of hydrogen-bond donors (Lipinski definition) is 0. The summed E-state index contributed by atoms with van der Waals surface area (Å²) in [6, 6.07) is 13.3. The van der Waals surface area contributed by atoms with E-state index in [-0.39, 0.29) is 12.7 Å². The van der Waals surface area contributed by atoms with Crippen LogP contribution in [0.4, 0.5) is 0 Å². The van der Waals surface area contributed by atoms with Crippen molar-refractivity contribution in [3.8, 4) is 17.2 Å². The Morgan fingerprint density at radius 1 is 1.07 bits per heavy atom.